The second-order valence-electron chi connectivity index (χ2n) is 8.19. The molecule has 0 spiro atoms. The third kappa shape index (κ3) is 4.65. The summed E-state index contributed by atoms with van der Waals surface area (Å²) in [4.78, 5) is 0. The summed E-state index contributed by atoms with van der Waals surface area (Å²) in [5.74, 6) is 3.81. The van der Waals surface area contributed by atoms with E-state index < -0.39 is 0 Å². The zero-order valence-corrected chi connectivity index (χ0v) is 20.1. The minimum absolute atomic E-state index is 0.358. The molecule has 0 aliphatic heterocycles. The average Bonchev–Trinajstić information content (AvgIpc) is 3.55. The molecule has 8 nitrogen and oxygen atoms in total. The van der Waals surface area contributed by atoms with E-state index >= 15 is 0 Å². The highest BCUT2D eigenvalue weighted by Crippen LogP contribution is 2.38. The fourth-order valence-electron chi connectivity index (χ4n) is 4.35. The minimum Gasteiger partial charge on any atom is -0.493 e. The van der Waals surface area contributed by atoms with Crippen molar-refractivity contribution in [3.8, 4) is 34.3 Å². The van der Waals surface area contributed by atoms with Crippen molar-refractivity contribution in [1.29, 1.82) is 0 Å². The van der Waals surface area contributed by atoms with E-state index in [4.69, 9.17) is 13.9 Å². The van der Waals surface area contributed by atoms with E-state index in [1.807, 2.05) is 48.5 Å². The van der Waals surface area contributed by atoms with Crippen LogP contribution in [0.2, 0.25) is 0 Å². The van der Waals surface area contributed by atoms with Crippen molar-refractivity contribution in [3.05, 3.63) is 54.4 Å². The smallest absolute Gasteiger partial charge is 0.247 e. The first-order chi connectivity index (χ1) is 16.8. The number of aromatic nitrogens is 5. The molecule has 9 heteroatoms. The van der Waals surface area contributed by atoms with Gasteiger partial charge in [0.1, 0.15) is 0 Å². The molecule has 34 heavy (non-hydrogen) atoms. The predicted molar refractivity (Wildman–Crippen MR) is 130 cm³/mol. The van der Waals surface area contributed by atoms with Gasteiger partial charge in [-0.3, -0.25) is 4.57 Å². The van der Waals surface area contributed by atoms with Crippen molar-refractivity contribution >= 4 is 11.8 Å². The molecule has 0 N–H and O–H groups in total. The number of thioether (sulfide) groups is 1. The normalized spacial score (nSPS) is 14.3. The Morgan fingerprint density at radius 1 is 0.882 bits per heavy atom. The summed E-state index contributed by atoms with van der Waals surface area (Å²) in [6, 6.07) is 16.0. The van der Waals surface area contributed by atoms with Crippen molar-refractivity contribution in [3.63, 3.8) is 0 Å². The number of hydrogen-bond acceptors (Lipinski definition) is 8. The summed E-state index contributed by atoms with van der Waals surface area (Å²) in [6.07, 6.45) is 5.93. The molecule has 1 fully saturated rings. The van der Waals surface area contributed by atoms with E-state index in [0.717, 1.165) is 34.9 Å². The topological polar surface area (TPSA) is 88.1 Å². The molecule has 0 amide bonds. The summed E-state index contributed by atoms with van der Waals surface area (Å²) in [7, 11) is 3.28. The zero-order valence-electron chi connectivity index (χ0n) is 19.3. The maximum Gasteiger partial charge on any atom is 0.247 e. The molecular weight excluding hydrogens is 450 g/mol. The van der Waals surface area contributed by atoms with Gasteiger partial charge in [-0.15, -0.1) is 20.4 Å². The van der Waals surface area contributed by atoms with Crippen LogP contribution in [0.5, 0.6) is 11.5 Å². The minimum atomic E-state index is 0.358. The van der Waals surface area contributed by atoms with Crippen LogP contribution in [0.3, 0.4) is 0 Å². The molecule has 0 saturated heterocycles. The standard InChI is InChI=1S/C25H27N5O3S/c1-31-20-14-13-18(15-21(20)32-2)23-27-29-25(30(23)19-11-7-4-8-12-19)34-16-22-26-28-24(33-22)17-9-5-3-6-10-17/h3,5-6,9-10,13-15,19H,4,7-8,11-12,16H2,1-2H3. The van der Waals surface area contributed by atoms with Crippen molar-refractivity contribution in [2.45, 2.75) is 49.1 Å². The van der Waals surface area contributed by atoms with Gasteiger partial charge in [0.15, 0.2) is 22.5 Å². The van der Waals surface area contributed by atoms with Gasteiger partial charge >= 0.3 is 0 Å². The third-order valence-corrected chi connectivity index (χ3v) is 6.99. The van der Waals surface area contributed by atoms with Crippen LogP contribution in [0.1, 0.15) is 44.0 Å². The summed E-state index contributed by atoms with van der Waals surface area (Å²) < 4.78 is 19.1. The Morgan fingerprint density at radius 3 is 2.44 bits per heavy atom. The first kappa shape index (κ1) is 22.5. The van der Waals surface area contributed by atoms with Crippen LogP contribution in [0.4, 0.5) is 0 Å². The maximum atomic E-state index is 5.89. The molecule has 0 bridgehead atoms. The number of nitrogens with zero attached hydrogens (tertiary/aromatic N) is 5. The third-order valence-electron chi connectivity index (χ3n) is 6.06. The van der Waals surface area contributed by atoms with Gasteiger partial charge in [-0.2, -0.15) is 0 Å². The van der Waals surface area contributed by atoms with Crippen LogP contribution >= 0.6 is 11.8 Å². The van der Waals surface area contributed by atoms with Crippen molar-refractivity contribution in [2.75, 3.05) is 14.2 Å². The Bertz CT molecular complexity index is 1230. The van der Waals surface area contributed by atoms with Gasteiger partial charge in [-0.05, 0) is 43.2 Å². The predicted octanol–water partition coefficient (Wildman–Crippen LogP) is 5.81. The van der Waals surface area contributed by atoms with E-state index in [0.29, 0.717) is 35.1 Å². The fraction of sp³-hybridized carbons (Fsp3) is 0.360. The summed E-state index contributed by atoms with van der Waals surface area (Å²) in [5, 5.41) is 18.4. The Hall–Kier alpha value is -3.33. The molecule has 0 atom stereocenters. The van der Waals surface area contributed by atoms with Crippen LogP contribution in [0.15, 0.2) is 58.1 Å². The number of methoxy groups -OCH3 is 2. The second kappa shape index (κ2) is 10.3. The van der Waals surface area contributed by atoms with E-state index in [1.54, 1.807) is 26.0 Å². The van der Waals surface area contributed by atoms with Crippen LogP contribution in [0.25, 0.3) is 22.8 Å². The van der Waals surface area contributed by atoms with Gasteiger partial charge in [0.2, 0.25) is 11.8 Å². The Balaban J connectivity index is 1.42. The molecular formula is C25H27N5O3S. The van der Waals surface area contributed by atoms with Gasteiger partial charge in [0.05, 0.1) is 20.0 Å². The number of benzene rings is 2. The molecule has 1 aliphatic rings. The highest BCUT2D eigenvalue weighted by atomic mass is 32.2. The highest BCUT2D eigenvalue weighted by molar-refractivity contribution is 7.98. The summed E-state index contributed by atoms with van der Waals surface area (Å²) in [6.45, 7) is 0. The summed E-state index contributed by atoms with van der Waals surface area (Å²) >= 11 is 1.57. The first-order valence-corrected chi connectivity index (χ1v) is 12.4. The molecule has 4 aromatic rings. The second-order valence-corrected chi connectivity index (χ2v) is 9.14. The van der Waals surface area contributed by atoms with E-state index in [9.17, 15) is 0 Å². The van der Waals surface area contributed by atoms with E-state index in [1.165, 1.54) is 19.3 Å². The van der Waals surface area contributed by atoms with Crippen LogP contribution in [-0.4, -0.2) is 39.2 Å². The summed E-state index contributed by atoms with van der Waals surface area (Å²) in [5.41, 5.74) is 1.86. The lowest BCUT2D eigenvalue weighted by Gasteiger charge is -2.25. The zero-order chi connectivity index (χ0) is 23.3. The molecule has 1 saturated carbocycles. The quantitative estimate of drug-likeness (QED) is 0.294. The lowest BCUT2D eigenvalue weighted by atomic mass is 9.95. The lowest BCUT2D eigenvalue weighted by Crippen LogP contribution is -2.15. The Morgan fingerprint density at radius 2 is 1.68 bits per heavy atom. The SMILES string of the molecule is COc1ccc(-c2nnc(SCc3nnc(-c4ccccc4)o3)n2C2CCCCC2)cc1OC. The molecule has 0 radical (unpaired) electrons. The molecule has 1 aliphatic carbocycles. The molecule has 2 aromatic heterocycles. The van der Waals surface area contributed by atoms with Crippen LogP contribution in [0, 0.1) is 0 Å². The number of hydrogen-bond donors (Lipinski definition) is 0. The highest BCUT2D eigenvalue weighted by Gasteiger charge is 2.25. The number of ether oxygens (including phenoxy) is 2. The number of rotatable bonds is 8. The van der Waals surface area contributed by atoms with Crippen LogP contribution < -0.4 is 9.47 Å². The average molecular weight is 478 g/mol. The lowest BCUT2D eigenvalue weighted by molar-refractivity contribution is 0.338. The van der Waals surface area contributed by atoms with Crippen molar-refractivity contribution in [1.82, 2.24) is 25.0 Å². The Labute approximate surface area is 202 Å². The maximum absolute atomic E-state index is 5.89. The van der Waals surface area contributed by atoms with Crippen LogP contribution in [-0.2, 0) is 5.75 Å². The monoisotopic (exact) mass is 477 g/mol. The molecule has 176 valence electrons. The fourth-order valence-corrected chi connectivity index (χ4v) is 5.19. The first-order valence-electron chi connectivity index (χ1n) is 11.4. The Kier molecular flexibility index (Phi) is 6.80. The largest absolute Gasteiger partial charge is 0.493 e. The van der Waals surface area contributed by atoms with Crippen molar-refractivity contribution in [2.24, 2.45) is 0 Å². The van der Waals surface area contributed by atoms with Gasteiger partial charge in [0, 0.05) is 17.2 Å². The van der Waals surface area contributed by atoms with E-state index in [-0.39, 0.29) is 0 Å². The van der Waals surface area contributed by atoms with Crippen molar-refractivity contribution < 1.29 is 13.9 Å². The van der Waals surface area contributed by atoms with Gasteiger partial charge in [-0.25, -0.2) is 0 Å². The molecule has 0 unspecified atom stereocenters. The van der Waals surface area contributed by atoms with Gasteiger partial charge in [-0.1, -0.05) is 49.2 Å². The van der Waals surface area contributed by atoms with Gasteiger partial charge < -0.3 is 13.9 Å². The molecule has 2 aromatic carbocycles. The molecule has 2 heterocycles. The molecule has 5 rings (SSSR count). The van der Waals surface area contributed by atoms with Gasteiger partial charge in [0.25, 0.3) is 0 Å². The van der Waals surface area contributed by atoms with E-state index in [2.05, 4.69) is 25.0 Å².